The number of nitrogens with two attached hydrogens (primary N) is 1. The fourth-order valence-corrected chi connectivity index (χ4v) is 1.03. The topological polar surface area (TPSA) is 70.0 Å². The number of hydrogen-bond donors (Lipinski definition) is 2. The van der Waals surface area contributed by atoms with Gasteiger partial charge in [0.05, 0.1) is 11.6 Å². The summed E-state index contributed by atoms with van der Waals surface area (Å²) in [5.41, 5.74) is 5.75. The molecule has 1 aromatic carbocycles. The molecule has 4 heteroatoms. The molecule has 3 nitrogen and oxygen atoms in total. The van der Waals surface area contributed by atoms with Gasteiger partial charge in [-0.3, -0.25) is 0 Å². The number of halogens is 1. The molecule has 13 heavy (non-hydrogen) atoms. The maximum atomic E-state index is 12.2. The highest BCUT2D eigenvalue weighted by atomic mass is 19.1. The van der Waals surface area contributed by atoms with Gasteiger partial charge in [-0.15, -0.1) is 0 Å². The summed E-state index contributed by atoms with van der Waals surface area (Å²) in [6, 6.07) is 5.43. The fourth-order valence-electron chi connectivity index (χ4n) is 1.03. The van der Waals surface area contributed by atoms with Crippen LogP contribution in [0, 0.1) is 11.3 Å². The van der Waals surface area contributed by atoms with Crippen LogP contribution in [-0.4, -0.2) is 11.8 Å². The van der Waals surface area contributed by atoms with Gasteiger partial charge in [0.15, 0.2) is 0 Å². The van der Waals surface area contributed by atoms with Gasteiger partial charge in [0.2, 0.25) is 0 Å². The number of alkyl halides is 1. The highest BCUT2D eigenvalue weighted by molar-refractivity contribution is 5.48. The maximum absolute atomic E-state index is 12.2. The Labute approximate surface area is 75.2 Å². The van der Waals surface area contributed by atoms with Gasteiger partial charge in [0.25, 0.3) is 0 Å². The van der Waals surface area contributed by atoms with Crippen LogP contribution in [0.5, 0.6) is 5.75 Å². The molecule has 1 aromatic rings. The van der Waals surface area contributed by atoms with Crippen molar-refractivity contribution >= 4 is 0 Å². The van der Waals surface area contributed by atoms with Crippen molar-refractivity contribution in [3.63, 3.8) is 0 Å². The van der Waals surface area contributed by atoms with Crippen LogP contribution >= 0.6 is 0 Å². The van der Waals surface area contributed by atoms with Crippen LogP contribution in [0.25, 0.3) is 0 Å². The van der Waals surface area contributed by atoms with Gasteiger partial charge in [-0.25, -0.2) is 4.39 Å². The molecule has 3 N–H and O–H groups in total. The van der Waals surface area contributed by atoms with E-state index in [0.717, 1.165) is 0 Å². The average molecular weight is 180 g/mol. The van der Waals surface area contributed by atoms with Crippen LogP contribution in [0.15, 0.2) is 18.2 Å². The summed E-state index contributed by atoms with van der Waals surface area (Å²) >= 11 is 0. The number of phenolic OH excluding ortho intramolecular Hbond substituents is 1. The number of nitriles is 1. The summed E-state index contributed by atoms with van der Waals surface area (Å²) in [5.74, 6) is -0.227. The SMILES string of the molecule is N#Cc1cccc([C@@H](N)CF)c1O. The monoisotopic (exact) mass is 180 g/mol. The second-order valence-corrected chi connectivity index (χ2v) is 2.62. The lowest BCUT2D eigenvalue weighted by molar-refractivity contribution is 0.414. The minimum Gasteiger partial charge on any atom is -0.506 e. The molecule has 0 fully saturated rings. The van der Waals surface area contributed by atoms with E-state index in [1.165, 1.54) is 12.1 Å². The maximum Gasteiger partial charge on any atom is 0.138 e. The van der Waals surface area contributed by atoms with Crippen molar-refractivity contribution in [1.29, 1.82) is 5.26 Å². The number of benzene rings is 1. The third kappa shape index (κ3) is 1.76. The summed E-state index contributed by atoms with van der Waals surface area (Å²) in [4.78, 5) is 0. The van der Waals surface area contributed by atoms with E-state index in [0.29, 0.717) is 0 Å². The van der Waals surface area contributed by atoms with Crippen molar-refractivity contribution in [2.24, 2.45) is 5.73 Å². The van der Waals surface area contributed by atoms with Crippen LogP contribution in [-0.2, 0) is 0 Å². The molecule has 0 heterocycles. The Morgan fingerprint density at radius 2 is 2.31 bits per heavy atom. The van der Waals surface area contributed by atoms with Crippen LogP contribution < -0.4 is 5.73 Å². The van der Waals surface area contributed by atoms with Crippen molar-refractivity contribution in [1.82, 2.24) is 0 Å². The second-order valence-electron chi connectivity index (χ2n) is 2.62. The summed E-state index contributed by atoms with van der Waals surface area (Å²) in [6.45, 7) is -0.761. The third-order valence-electron chi connectivity index (χ3n) is 1.75. The predicted octanol–water partition coefficient (Wildman–Crippen LogP) is 1.23. The van der Waals surface area contributed by atoms with Crippen molar-refractivity contribution in [3.05, 3.63) is 29.3 Å². The summed E-state index contributed by atoms with van der Waals surface area (Å²) in [6.07, 6.45) is 0. The lowest BCUT2D eigenvalue weighted by Crippen LogP contribution is -2.12. The van der Waals surface area contributed by atoms with Gasteiger partial charge in [-0.1, -0.05) is 12.1 Å². The zero-order valence-electron chi connectivity index (χ0n) is 6.87. The molecule has 1 atom stereocenters. The normalized spacial score (nSPS) is 12.1. The van der Waals surface area contributed by atoms with Crippen LogP contribution in [0.1, 0.15) is 17.2 Å². The van der Waals surface area contributed by atoms with E-state index < -0.39 is 12.7 Å². The zero-order chi connectivity index (χ0) is 9.84. The number of hydrogen-bond acceptors (Lipinski definition) is 3. The van der Waals surface area contributed by atoms with Crippen molar-refractivity contribution in [3.8, 4) is 11.8 Å². The number of phenols is 1. The van der Waals surface area contributed by atoms with E-state index in [2.05, 4.69) is 0 Å². The van der Waals surface area contributed by atoms with Gasteiger partial charge in [-0.2, -0.15) is 5.26 Å². The Balaban J connectivity index is 3.17. The summed E-state index contributed by atoms with van der Waals surface area (Å²) in [7, 11) is 0. The molecule has 0 aliphatic heterocycles. The Hall–Kier alpha value is -1.60. The van der Waals surface area contributed by atoms with E-state index in [4.69, 9.17) is 11.0 Å². The van der Waals surface area contributed by atoms with Crippen LogP contribution in [0.4, 0.5) is 4.39 Å². The van der Waals surface area contributed by atoms with Gasteiger partial charge < -0.3 is 10.8 Å². The smallest absolute Gasteiger partial charge is 0.138 e. The number of para-hydroxylation sites is 1. The fraction of sp³-hybridized carbons (Fsp3) is 0.222. The van der Waals surface area contributed by atoms with E-state index in [1.54, 1.807) is 12.1 Å². The highest BCUT2D eigenvalue weighted by Crippen LogP contribution is 2.26. The van der Waals surface area contributed by atoms with E-state index in [-0.39, 0.29) is 16.9 Å². The molecule has 0 unspecified atom stereocenters. The third-order valence-corrected chi connectivity index (χ3v) is 1.75. The van der Waals surface area contributed by atoms with Crippen molar-refractivity contribution in [2.45, 2.75) is 6.04 Å². The molecule has 0 saturated carbocycles. The molecule has 1 rings (SSSR count). The minimum atomic E-state index is -0.867. The first-order valence-corrected chi connectivity index (χ1v) is 3.74. The molecule has 0 saturated heterocycles. The Morgan fingerprint density at radius 1 is 1.62 bits per heavy atom. The number of rotatable bonds is 2. The predicted molar refractivity (Wildman–Crippen MR) is 45.7 cm³/mol. The number of nitrogens with zero attached hydrogens (tertiary/aromatic N) is 1. The van der Waals surface area contributed by atoms with Crippen LogP contribution in [0.2, 0.25) is 0 Å². The van der Waals surface area contributed by atoms with E-state index in [1.807, 2.05) is 0 Å². The molecule has 0 aliphatic carbocycles. The largest absolute Gasteiger partial charge is 0.506 e. The van der Waals surface area contributed by atoms with Gasteiger partial charge >= 0.3 is 0 Å². The Kier molecular flexibility index (Phi) is 2.83. The quantitative estimate of drug-likeness (QED) is 0.719. The van der Waals surface area contributed by atoms with Crippen molar-refractivity contribution in [2.75, 3.05) is 6.67 Å². The summed E-state index contributed by atoms with van der Waals surface area (Å²) in [5, 5.41) is 18.0. The average Bonchev–Trinajstić information content (AvgIpc) is 2.17. The molecule has 0 spiro atoms. The van der Waals surface area contributed by atoms with Gasteiger partial charge in [-0.05, 0) is 6.07 Å². The first kappa shape index (κ1) is 9.49. The van der Waals surface area contributed by atoms with Crippen molar-refractivity contribution < 1.29 is 9.50 Å². The highest BCUT2D eigenvalue weighted by Gasteiger charge is 2.12. The first-order valence-electron chi connectivity index (χ1n) is 3.74. The van der Waals surface area contributed by atoms with E-state index >= 15 is 0 Å². The molecule has 0 radical (unpaired) electrons. The lowest BCUT2D eigenvalue weighted by Gasteiger charge is -2.09. The molecule has 0 aliphatic rings. The molecule has 0 amide bonds. The van der Waals surface area contributed by atoms with E-state index in [9.17, 15) is 9.50 Å². The summed E-state index contributed by atoms with van der Waals surface area (Å²) < 4.78 is 12.2. The molecule has 68 valence electrons. The molecular formula is C9H9FN2O. The standard InChI is InChI=1S/C9H9FN2O/c10-4-8(12)7-3-1-2-6(5-11)9(7)13/h1-3,8,13H,4,12H2/t8-/m0/s1. The Morgan fingerprint density at radius 3 is 2.85 bits per heavy atom. The number of aromatic hydroxyl groups is 1. The van der Waals surface area contributed by atoms with Gasteiger partial charge in [0, 0.05) is 5.56 Å². The van der Waals surface area contributed by atoms with Crippen LogP contribution in [0.3, 0.4) is 0 Å². The first-order chi connectivity index (χ1) is 6.20. The minimum absolute atomic E-state index is 0.112. The zero-order valence-corrected chi connectivity index (χ0v) is 6.87. The Bertz CT molecular complexity index is 346. The van der Waals surface area contributed by atoms with Gasteiger partial charge in [0.1, 0.15) is 18.5 Å². The lowest BCUT2D eigenvalue weighted by atomic mass is 10.0. The molecular weight excluding hydrogens is 171 g/mol. The second kappa shape index (κ2) is 3.87. The molecule has 0 aromatic heterocycles. The molecule has 0 bridgehead atoms.